The van der Waals surface area contributed by atoms with Crippen molar-refractivity contribution >= 4 is 29.2 Å². The molecule has 0 aliphatic carbocycles. The van der Waals surface area contributed by atoms with Crippen LogP contribution in [0.1, 0.15) is 17.4 Å². The van der Waals surface area contributed by atoms with Crippen LogP contribution >= 0.6 is 11.6 Å². The molecule has 8 heteroatoms. The fourth-order valence-electron chi connectivity index (χ4n) is 1.69. The average Bonchev–Trinajstić information content (AvgIpc) is 2.50. The van der Waals surface area contributed by atoms with Crippen molar-refractivity contribution in [2.75, 3.05) is 5.32 Å². The normalized spacial score (nSPS) is 11.6. The molecule has 1 amide bonds. The smallest absolute Gasteiger partial charge is 0.405 e. The Balaban J connectivity index is 2.03. The van der Waals surface area contributed by atoms with Crippen LogP contribution in [0.25, 0.3) is 0 Å². The molecule has 0 fully saturated rings. The number of ether oxygens (including phenoxy) is 1. The van der Waals surface area contributed by atoms with Crippen molar-refractivity contribution in [1.82, 2.24) is 0 Å². The molecule has 0 spiro atoms. The summed E-state index contributed by atoms with van der Waals surface area (Å²) in [6.45, 7) is 1.34. The summed E-state index contributed by atoms with van der Waals surface area (Å²) in [5, 5.41) is 13.9. The first-order valence-electron chi connectivity index (χ1n) is 6.53. The Morgan fingerprint density at radius 3 is 2.74 bits per heavy atom. The van der Waals surface area contributed by atoms with Gasteiger partial charge in [-0.3, -0.25) is 4.79 Å². The molecule has 1 N–H and O–H groups in total. The number of aromatic nitrogens is 1. The number of carbonyl (C=O) groups excluding carboxylic acids is 2. The Kier molecular flexibility index (Phi) is 5.13. The quantitative estimate of drug-likeness (QED) is 0.527. The van der Waals surface area contributed by atoms with Gasteiger partial charge in [0.15, 0.2) is 12.3 Å². The predicted octanol–water partition coefficient (Wildman–Crippen LogP) is 2.30. The fourth-order valence-corrected chi connectivity index (χ4v) is 1.90. The van der Waals surface area contributed by atoms with E-state index >= 15 is 0 Å². The summed E-state index contributed by atoms with van der Waals surface area (Å²) >= 11 is 5.79. The van der Waals surface area contributed by atoms with Gasteiger partial charge in [0, 0.05) is 12.1 Å². The van der Waals surface area contributed by atoms with Gasteiger partial charge in [-0.1, -0.05) is 11.6 Å². The van der Waals surface area contributed by atoms with E-state index < -0.39 is 23.8 Å². The number of hydrogen-bond donors (Lipinski definition) is 1. The van der Waals surface area contributed by atoms with Crippen molar-refractivity contribution in [3.05, 3.63) is 64.3 Å². The minimum atomic E-state index is -1.18. The SMILES string of the molecule is C[C@H](OC(=O)c1cccc[n+]1[O-])C(=O)Nc1ccc(F)cc1Cl. The van der Waals surface area contributed by atoms with E-state index in [0.29, 0.717) is 4.73 Å². The van der Waals surface area contributed by atoms with E-state index in [4.69, 9.17) is 16.3 Å². The van der Waals surface area contributed by atoms with Crippen molar-refractivity contribution in [3.63, 3.8) is 0 Å². The monoisotopic (exact) mass is 338 g/mol. The highest BCUT2D eigenvalue weighted by Gasteiger charge is 2.24. The minimum absolute atomic E-state index is 0.0114. The van der Waals surface area contributed by atoms with Crippen molar-refractivity contribution < 1.29 is 23.4 Å². The van der Waals surface area contributed by atoms with Gasteiger partial charge in [-0.05, 0) is 31.2 Å². The Labute approximate surface area is 136 Å². The molecule has 1 aromatic carbocycles. The van der Waals surface area contributed by atoms with Crippen LogP contribution in [0, 0.1) is 11.0 Å². The zero-order chi connectivity index (χ0) is 17.0. The molecule has 0 bridgehead atoms. The highest BCUT2D eigenvalue weighted by atomic mass is 35.5. The maximum atomic E-state index is 12.9. The van der Waals surface area contributed by atoms with E-state index in [-0.39, 0.29) is 16.4 Å². The third-order valence-electron chi connectivity index (χ3n) is 2.88. The third-order valence-corrected chi connectivity index (χ3v) is 3.19. The Morgan fingerprint density at radius 1 is 1.35 bits per heavy atom. The lowest BCUT2D eigenvalue weighted by molar-refractivity contribution is -0.608. The summed E-state index contributed by atoms with van der Waals surface area (Å²) in [6, 6.07) is 7.68. The molecule has 0 saturated heterocycles. The van der Waals surface area contributed by atoms with Crippen LogP contribution in [0.5, 0.6) is 0 Å². The summed E-state index contributed by atoms with van der Waals surface area (Å²) in [4.78, 5) is 23.8. The van der Waals surface area contributed by atoms with Gasteiger partial charge < -0.3 is 15.3 Å². The highest BCUT2D eigenvalue weighted by Crippen LogP contribution is 2.22. The zero-order valence-electron chi connectivity index (χ0n) is 12.0. The minimum Gasteiger partial charge on any atom is -0.618 e. The number of rotatable bonds is 4. The second-order valence-electron chi connectivity index (χ2n) is 4.57. The molecule has 1 aromatic heterocycles. The van der Waals surface area contributed by atoms with Gasteiger partial charge in [-0.2, -0.15) is 4.73 Å². The molecule has 0 aliphatic rings. The summed E-state index contributed by atoms with van der Waals surface area (Å²) in [7, 11) is 0. The number of nitrogens with one attached hydrogen (secondary N) is 1. The van der Waals surface area contributed by atoms with Crippen LogP contribution in [0.15, 0.2) is 42.6 Å². The summed E-state index contributed by atoms with van der Waals surface area (Å²) in [6.07, 6.45) is -0.0385. The maximum Gasteiger partial charge on any atom is 0.405 e. The van der Waals surface area contributed by atoms with Gasteiger partial charge in [-0.15, -0.1) is 0 Å². The molecule has 2 aromatic rings. The Hall–Kier alpha value is -2.67. The van der Waals surface area contributed by atoms with E-state index in [1.54, 1.807) is 0 Å². The summed E-state index contributed by atoms with van der Waals surface area (Å²) < 4.78 is 18.2. The standard InChI is InChI=1S/C15H12ClFN2O4/c1-9(23-15(21)13-4-2-3-7-19(13)22)14(20)18-12-6-5-10(17)8-11(12)16/h2-9H,1H3,(H,18,20)/t9-/m0/s1. The number of benzene rings is 1. The van der Waals surface area contributed by atoms with Crippen LogP contribution in [0.3, 0.4) is 0 Å². The predicted molar refractivity (Wildman–Crippen MR) is 80.3 cm³/mol. The van der Waals surface area contributed by atoms with Crippen LogP contribution < -0.4 is 10.0 Å². The second kappa shape index (κ2) is 7.06. The number of anilines is 1. The van der Waals surface area contributed by atoms with Crippen LogP contribution in [0.4, 0.5) is 10.1 Å². The van der Waals surface area contributed by atoms with Gasteiger partial charge in [0.25, 0.3) is 5.91 Å². The summed E-state index contributed by atoms with van der Waals surface area (Å²) in [5.74, 6) is -2.15. The van der Waals surface area contributed by atoms with Gasteiger partial charge >= 0.3 is 11.7 Å². The molecular weight excluding hydrogens is 327 g/mol. The number of carbonyl (C=O) groups is 2. The highest BCUT2D eigenvalue weighted by molar-refractivity contribution is 6.33. The molecule has 23 heavy (non-hydrogen) atoms. The number of nitrogens with zero attached hydrogens (tertiary/aromatic N) is 1. The van der Waals surface area contributed by atoms with E-state index in [1.807, 2.05) is 0 Å². The first-order valence-corrected chi connectivity index (χ1v) is 6.91. The van der Waals surface area contributed by atoms with Gasteiger partial charge in [0.1, 0.15) is 5.82 Å². The molecular formula is C15H12ClFN2O4. The molecule has 120 valence electrons. The maximum absolute atomic E-state index is 12.9. The van der Waals surface area contributed by atoms with E-state index in [0.717, 1.165) is 18.3 Å². The number of esters is 1. The van der Waals surface area contributed by atoms with Gasteiger partial charge in [-0.25, -0.2) is 9.18 Å². The third kappa shape index (κ3) is 4.17. The van der Waals surface area contributed by atoms with E-state index in [1.165, 1.54) is 31.2 Å². The number of amides is 1. The number of pyridine rings is 1. The first kappa shape index (κ1) is 16.7. The van der Waals surface area contributed by atoms with Crippen LogP contribution in [-0.4, -0.2) is 18.0 Å². The molecule has 0 radical (unpaired) electrons. The molecule has 1 heterocycles. The fraction of sp³-hybridized carbons (Fsp3) is 0.133. The van der Waals surface area contributed by atoms with E-state index in [9.17, 15) is 19.2 Å². The van der Waals surface area contributed by atoms with Gasteiger partial charge in [0.05, 0.1) is 10.7 Å². The largest absolute Gasteiger partial charge is 0.618 e. The van der Waals surface area contributed by atoms with Crippen molar-refractivity contribution in [1.29, 1.82) is 0 Å². The lowest BCUT2D eigenvalue weighted by Crippen LogP contribution is -2.37. The Bertz CT molecular complexity index is 754. The van der Waals surface area contributed by atoms with Crippen LogP contribution in [-0.2, 0) is 9.53 Å². The Morgan fingerprint density at radius 2 is 2.09 bits per heavy atom. The summed E-state index contributed by atoms with van der Waals surface area (Å²) in [5.41, 5.74) is -0.0634. The first-order chi connectivity index (χ1) is 10.9. The van der Waals surface area contributed by atoms with Crippen LogP contribution in [0.2, 0.25) is 5.02 Å². The molecule has 2 rings (SSSR count). The van der Waals surface area contributed by atoms with E-state index in [2.05, 4.69) is 5.32 Å². The zero-order valence-corrected chi connectivity index (χ0v) is 12.7. The molecule has 0 saturated carbocycles. The van der Waals surface area contributed by atoms with Gasteiger partial charge in [0.2, 0.25) is 0 Å². The molecule has 0 unspecified atom stereocenters. The number of hydrogen-bond acceptors (Lipinski definition) is 4. The topological polar surface area (TPSA) is 82.3 Å². The van der Waals surface area contributed by atoms with Crippen molar-refractivity contribution in [2.45, 2.75) is 13.0 Å². The average molecular weight is 339 g/mol. The molecule has 0 aliphatic heterocycles. The van der Waals surface area contributed by atoms with Crippen molar-refractivity contribution in [2.24, 2.45) is 0 Å². The number of halogens is 2. The second-order valence-corrected chi connectivity index (χ2v) is 4.98. The molecule has 6 nitrogen and oxygen atoms in total. The molecule has 1 atom stereocenters. The lowest BCUT2D eigenvalue weighted by Gasteiger charge is -2.13. The van der Waals surface area contributed by atoms with Crippen molar-refractivity contribution in [3.8, 4) is 0 Å². The lowest BCUT2D eigenvalue weighted by atomic mass is 10.3.